The summed E-state index contributed by atoms with van der Waals surface area (Å²) in [7, 11) is -3.14. The number of Topliss-reactive ketones (excluding diaryl/α,β-unsaturated/α-hetero) is 1. The van der Waals surface area contributed by atoms with Crippen molar-refractivity contribution in [2.24, 2.45) is 5.92 Å². The molecule has 1 saturated heterocycles. The molecule has 1 heterocycles. The van der Waals surface area contributed by atoms with Crippen LogP contribution in [0.15, 0.2) is 18.2 Å². The van der Waals surface area contributed by atoms with Crippen LogP contribution in [0, 0.1) is 19.8 Å². The first-order chi connectivity index (χ1) is 10.3. The Bertz CT molecular complexity index is 644. The molecule has 1 aromatic carbocycles. The van der Waals surface area contributed by atoms with Crippen molar-refractivity contribution in [2.45, 2.75) is 40.0 Å². The number of ketones is 1. The SMILES string of the molecule is CCCS(=O)(=O)N1CCC(C(=O)c2ccc(C)cc2C)CC1. The summed E-state index contributed by atoms with van der Waals surface area (Å²) in [5.74, 6) is 0.294. The first-order valence-corrected chi connectivity index (χ1v) is 9.55. The van der Waals surface area contributed by atoms with Crippen LogP contribution in [0.25, 0.3) is 0 Å². The minimum absolute atomic E-state index is 0.0607. The zero-order valence-electron chi connectivity index (χ0n) is 13.6. The first-order valence-electron chi connectivity index (χ1n) is 7.94. The van der Waals surface area contributed by atoms with Gasteiger partial charge in [-0.15, -0.1) is 0 Å². The quantitative estimate of drug-likeness (QED) is 0.783. The Hall–Kier alpha value is -1.20. The summed E-state index contributed by atoms with van der Waals surface area (Å²) >= 11 is 0. The van der Waals surface area contributed by atoms with Gasteiger partial charge in [0.15, 0.2) is 5.78 Å². The van der Waals surface area contributed by atoms with E-state index in [1.165, 1.54) is 0 Å². The van der Waals surface area contributed by atoms with Crippen LogP contribution in [-0.4, -0.2) is 37.3 Å². The molecule has 0 N–H and O–H groups in total. The molecule has 0 bridgehead atoms. The maximum atomic E-state index is 12.6. The number of piperidine rings is 1. The third kappa shape index (κ3) is 3.76. The highest BCUT2D eigenvalue weighted by atomic mass is 32.2. The van der Waals surface area contributed by atoms with Crippen LogP contribution in [0.3, 0.4) is 0 Å². The Morgan fingerprint density at radius 2 is 1.86 bits per heavy atom. The van der Waals surface area contributed by atoms with Gasteiger partial charge in [0.05, 0.1) is 5.75 Å². The molecule has 0 amide bonds. The summed E-state index contributed by atoms with van der Waals surface area (Å²) in [5, 5.41) is 0. The van der Waals surface area contributed by atoms with Crippen LogP contribution in [0.5, 0.6) is 0 Å². The van der Waals surface area contributed by atoms with Gasteiger partial charge in [-0.1, -0.05) is 30.7 Å². The van der Waals surface area contributed by atoms with E-state index in [4.69, 9.17) is 0 Å². The molecule has 0 radical (unpaired) electrons. The van der Waals surface area contributed by atoms with Gasteiger partial charge < -0.3 is 0 Å². The molecular formula is C17H25NO3S. The van der Waals surface area contributed by atoms with Crippen molar-refractivity contribution in [2.75, 3.05) is 18.8 Å². The van der Waals surface area contributed by atoms with Gasteiger partial charge in [-0.2, -0.15) is 0 Å². The smallest absolute Gasteiger partial charge is 0.214 e. The lowest BCUT2D eigenvalue weighted by Gasteiger charge is -2.30. The number of carbonyl (C=O) groups is 1. The fraction of sp³-hybridized carbons (Fsp3) is 0.588. The van der Waals surface area contributed by atoms with Crippen LogP contribution in [0.2, 0.25) is 0 Å². The summed E-state index contributed by atoms with van der Waals surface area (Å²) in [5.41, 5.74) is 2.93. The number of sulfonamides is 1. The first kappa shape index (κ1) is 17.2. The Labute approximate surface area is 133 Å². The Kier molecular flexibility index (Phi) is 5.40. The molecule has 2 rings (SSSR count). The highest BCUT2D eigenvalue weighted by molar-refractivity contribution is 7.89. The lowest BCUT2D eigenvalue weighted by molar-refractivity contribution is 0.0874. The topological polar surface area (TPSA) is 54.5 Å². The van der Waals surface area contributed by atoms with Crippen molar-refractivity contribution in [3.05, 3.63) is 34.9 Å². The van der Waals surface area contributed by atoms with Crippen LogP contribution in [0.4, 0.5) is 0 Å². The molecule has 1 aliphatic heterocycles. The molecular weight excluding hydrogens is 298 g/mol. The highest BCUT2D eigenvalue weighted by Gasteiger charge is 2.31. The van der Waals surface area contributed by atoms with Crippen molar-refractivity contribution < 1.29 is 13.2 Å². The van der Waals surface area contributed by atoms with Gasteiger partial charge >= 0.3 is 0 Å². The van der Waals surface area contributed by atoms with Gasteiger partial charge in [0.2, 0.25) is 10.0 Å². The second-order valence-electron chi connectivity index (χ2n) is 6.17. The van der Waals surface area contributed by atoms with Gasteiger partial charge in [0, 0.05) is 24.6 Å². The van der Waals surface area contributed by atoms with Crippen LogP contribution in [0.1, 0.15) is 47.7 Å². The fourth-order valence-electron chi connectivity index (χ4n) is 3.09. The van der Waals surface area contributed by atoms with E-state index in [1.807, 2.05) is 39.0 Å². The van der Waals surface area contributed by atoms with Gasteiger partial charge in [-0.3, -0.25) is 4.79 Å². The number of benzene rings is 1. The van der Waals surface area contributed by atoms with Crippen LogP contribution < -0.4 is 0 Å². The zero-order valence-corrected chi connectivity index (χ0v) is 14.4. The van der Waals surface area contributed by atoms with Gasteiger partial charge in [-0.25, -0.2) is 12.7 Å². The van der Waals surface area contributed by atoms with Crippen molar-refractivity contribution >= 4 is 15.8 Å². The predicted molar refractivity (Wildman–Crippen MR) is 88.6 cm³/mol. The maximum Gasteiger partial charge on any atom is 0.214 e. The fourth-order valence-corrected chi connectivity index (χ4v) is 4.63. The molecule has 1 aromatic rings. The Morgan fingerprint density at radius 1 is 1.23 bits per heavy atom. The lowest BCUT2D eigenvalue weighted by Crippen LogP contribution is -2.41. The van der Waals surface area contributed by atoms with E-state index in [1.54, 1.807) is 4.31 Å². The average Bonchev–Trinajstić information content (AvgIpc) is 2.47. The second-order valence-corrected chi connectivity index (χ2v) is 8.26. The largest absolute Gasteiger partial charge is 0.294 e. The molecule has 0 atom stereocenters. The minimum atomic E-state index is -3.14. The number of hydrogen-bond acceptors (Lipinski definition) is 3. The molecule has 122 valence electrons. The normalized spacial score (nSPS) is 17.6. The summed E-state index contributed by atoms with van der Waals surface area (Å²) in [6.07, 6.45) is 1.87. The van der Waals surface area contributed by atoms with Gasteiger partial charge in [0.25, 0.3) is 0 Å². The van der Waals surface area contributed by atoms with Crippen LogP contribution in [-0.2, 0) is 10.0 Å². The summed E-state index contributed by atoms with van der Waals surface area (Å²) in [6.45, 7) is 6.76. The van der Waals surface area contributed by atoms with Crippen molar-refractivity contribution in [1.29, 1.82) is 0 Å². The number of aryl methyl sites for hydroxylation is 2. The third-order valence-electron chi connectivity index (χ3n) is 4.33. The van der Waals surface area contributed by atoms with E-state index in [0.717, 1.165) is 16.7 Å². The monoisotopic (exact) mass is 323 g/mol. The molecule has 4 nitrogen and oxygen atoms in total. The van der Waals surface area contributed by atoms with Gasteiger partial charge in [0.1, 0.15) is 0 Å². The van der Waals surface area contributed by atoms with E-state index >= 15 is 0 Å². The molecule has 1 fully saturated rings. The van der Waals surface area contributed by atoms with Crippen LogP contribution >= 0.6 is 0 Å². The molecule has 0 aliphatic carbocycles. The van der Waals surface area contributed by atoms with E-state index in [2.05, 4.69) is 0 Å². The highest BCUT2D eigenvalue weighted by Crippen LogP contribution is 2.25. The molecule has 0 saturated carbocycles. The number of rotatable bonds is 5. The molecule has 0 aromatic heterocycles. The molecule has 0 spiro atoms. The average molecular weight is 323 g/mol. The van der Waals surface area contributed by atoms with E-state index in [0.29, 0.717) is 32.4 Å². The molecule has 5 heteroatoms. The van der Waals surface area contributed by atoms with E-state index in [9.17, 15) is 13.2 Å². The summed E-state index contributed by atoms with van der Waals surface area (Å²) < 4.78 is 25.7. The standard InChI is InChI=1S/C17H25NO3S/c1-4-11-22(20,21)18-9-7-15(8-10-18)17(19)16-6-5-13(2)12-14(16)3/h5-6,12,15H,4,7-11H2,1-3H3. The Balaban J connectivity index is 2.04. The third-order valence-corrected chi connectivity index (χ3v) is 6.40. The minimum Gasteiger partial charge on any atom is -0.294 e. The van der Waals surface area contributed by atoms with E-state index in [-0.39, 0.29) is 17.5 Å². The summed E-state index contributed by atoms with van der Waals surface area (Å²) in [6, 6.07) is 5.88. The number of hydrogen-bond donors (Lipinski definition) is 0. The van der Waals surface area contributed by atoms with E-state index < -0.39 is 10.0 Å². The Morgan fingerprint density at radius 3 is 2.41 bits per heavy atom. The lowest BCUT2D eigenvalue weighted by atomic mass is 9.87. The van der Waals surface area contributed by atoms with Crippen molar-refractivity contribution in [3.8, 4) is 0 Å². The second kappa shape index (κ2) is 6.92. The predicted octanol–water partition coefficient (Wildman–Crippen LogP) is 2.94. The van der Waals surface area contributed by atoms with Crippen molar-refractivity contribution in [1.82, 2.24) is 4.31 Å². The molecule has 0 unspecified atom stereocenters. The van der Waals surface area contributed by atoms with Crippen molar-refractivity contribution in [3.63, 3.8) is 0 Å². The zero-order chi connectivity index (χ0) is 16.3. The molecule has 1 aliphatic rings. The maximum absolute atomic E-state index is 12.6. The number of carbonyl (C=O) groups excluding carboxylic acids is 1. The number of nitrogens with zero attached hydrogens (tertiary/aromatic N) is 1. The van der Waals surface area contributed by atoms with Gasteiger partial charge in [-0.05, 0) is 38.7 Å². The summed E-state index contributed by atoms with van der Waals surface area (Å²) in [4.78, 5) is 12.6. The molecule has 22 heavy (non-hydrogen) atoms.